The van der Waals surface area contributed by atoms with Crippen LogP contribution in [-0.2, 0) is 4.79 Å². The van der Waals surface area contributed by atoms with Crippen molar-refractivity contribution in [2.75, 3.05) is 29.9 Å². The highest BCUT2D eigenvalue weighted by atomic mass is 32.1. The maximum Gasteiger partial charge on any atom is 0.344 e. The summed E-state index contributed by atoms with van der Waals surface area (Å²) in [5, 5.41) is 19.6. The minimum atomic E-state index is -1.04. The van der Waals surface area contributed by atoms with E-state index in [0.717, 1.165) is 46.5 Å². The van der Waals surface area contributed by atoms with E-state index in [0.29, 0.717) is 5.13 Å². The fraction of sp³-hybridized carbons (Fsp3) is 0.208. The smallest absolute Gasteiger partial charge is 0.344 e. The molecule has 0 radical (unpaired) electrons. The lowest BCUT2D eigenvalue weighted by atomic mass is 10.1. The number of phenolic OH excluding ortho intramolecular Hbond substituents is 1. The van der Waals surface area contributed by atoms with E-state index >= 15 is 0 Å². The Hall–Kier alpha value is -4.32. The predicted molar refractivity (Wildman–Crippen MR) is 133 cm³/mol. The standard InChI is InChI=1S/C24H21FN6O4S/c25-18-10-15(8-16(21(18)33)11-27-31-13-20(32)28-24(31)35)22(34)29-23-26-12-19(36-23)14-4-3-5-17(9-14)30-6-1-2-7-30/h3-5,8-12,33H,1-2,6-7,13H2,(H,26,29,34)(H,28,32,35)/b27-11+. The molecule has 36 heavy (non-hydrogen) atoms. The molecule has 0 aliphatic carbocycles. The largest absolute Gasteiger partial charge is 0.504 e. The number of hydrogen-bond acceptors (Lipinski definition) is 8. The van der Waals surface area contributed by atoms with Crippen LogP contribution in [0.2, 0.25) is 0 Å². The summed E-state index contributed by atoms with van der Waals surface area (Å²) in [5.41, 5.74) is 1.91. The number of aromatic nitrogens is 1. The molecule has 0 spiro atoms. The van der Waals surface area contributed by atoms with E-state index in [1.54, 1.807) is 6.20 Å². The second-order valence-electron chi connectivity index (χ2n) is 8.28. The van der Waals surface area contributed by atoms with Crippen LogP contribution in [0.25, 0.3) is 10.4 Å². The van der Waals surface area contributed by atoms with Gasteiger partial charge in [-0.25, -0.2) is 19.2 Å². The van der Waals surface area contributed by atoms with E-state index < -0.39 is 29.4 Å². The topological polar surface area (TPSA) is 127 Å². The number of rotatable bonds is 6. The Kier molecular flexibility index (Phi) is 6.34. The Morgan fingerprint density at radius 1 is 1.22 bits per heavy atom. The molecular weight excluding hydrogens is 487 g/mol. The number of urea groups is 1. The number of thiazole rings is 1. The van der Waals surface area contributed by atoms with Crippen LogP contribution in [0.3, 0.4) is 0 Å². The Morgan fingerprint density at radius 3 is 2.78 bits per heavy atom. The van der Waals surface area contributed by atoms with Crippen LogP contribution in [0.1, 0.15) is 28.8 Å². The minimum absolute atomic E-state index is 0.0820. The number of phenols is 1. The molecule has 3 N–H and O–H groups in total. The third-order valence-electron chi connectivity index (χ3n) is 5.79. The molecule has 0 bridgehead atoms. The van der Waals surface area contributed by atoms with E-state index in [-0.39, 0.29) is 17.7 Å². The van der Waals surface area contributed by atoms with Crippen molar-refractivity contribution in [2.45, 2.75) is 12.8 Å². The number of halogens is 1. The first-order valence-electron chi connectivity index (χ1n) is 11.2. The average Bonchev–Trinajstić information content (AvgIpc) is 3.62. The van der Waals surface area contributed by atoms with Gasteiger partial charge < -0.3 is 10.0 Å². The summed E-state index contributed by atoms with van der Waals surface area (Å²) in [6.07, 6.45) is 5.03. The number of hydrazone groups is 1. The van der Waals surface area contributed by atoms with Crippen molar-refractivity contribution in [3.63, 3.8) is 0 Å². The van der Waals surface area contributed by atoms with Crippen molar-refractivity contribution in [3.05, 3.63) is 59.5 Å². The quantitative estimate of drug-likeness (QED) is 0.346. The van der Waals surface area contributed by atoms with Crippen molar-refractivity contribution in [1.29, 1.82) is 0 Å². The summed E-state index contributed by atoms with van der Waals surface area (Å²) >= 11 is 1.29. The van der Waals surface area contributed by atoms with Crippen LogP contribution in [0.4, 0.5) is 20.0 Å². The molecule has 2 fully saturated rings. The molecule has 2 saturated heterocycles. The van der Waals surface area contributed by atoms with Gasteiger partial charge in [0.05, 0.1) is 11.1 Å². The fourth-order valence-corrected chi connectivity index (χ4v) is 4.78. The number of aromatic hydroxyl groups is 1. The van der Waals surface area contributed by atoms with Gasteiger partial charge in [0.15, 0.2) is 16.7 Å². The van der Waals surface area contributed by atoms with Crippen LogP contribution in [0, 0.1) is 5.82 Å². The zero-order valence-electron chi connectivity index (χ0n) is 18.9. The van der Waals surface area contributed by atoms with Gasteiger partial charge in [0.1, 0.15) is 6.54 Å². The Morgan fingerprint density at radius 2 is 2.03 bits per heavy atom. The first-order valence-corrected chi connectivity index (χ1v) is 12.0. The number of amides is 4. The SMILES string of the molecule is O=C1CN(/N=C/c2cc(C(=O)Nc3ncc(-c4cccc(N5CCCC5)c4)s3)cc(F)c2O)C(=O)N1. The molecule has 3 aromatic rings. The molecule has 2 aliphatic rings. The molecule has 5 rings (SSSR count). The van der Waals surface area contributed by atoms with Gasteiger partial charge in [-0.2, -0.15) is 5.10 Å². The van der Waals surface area contributed by atoms with Crippen LogP contribution in [0.5, 0.6) is 5.75 Å². The molecule has 184 valence electrons. The lowest BCUT2D eigenvalue weighted by Crippen LogP contribution is -2.24. The van der Waals surface area contributed by atoms with Crippen LogP contribution < -0.4 is 15.5 Å². The van der Waals surface area contributed by atoms with Gasteiger partial charge in [0.2, 0.25) is 5.91 Å². The Bertz CT molecular complexity index is 1380. The van der Waals surface area contributed by atoms with E-state index in [2.05, 4.69) is 32.4 Å². The van der Waals surface area contributed by atoms with Gasteiger partial charge in [0.25, 0.3) is 5.91 Å². The van der Waals surface area contributed by atoms with Crippen molar-refractivity contribution in [3.8, 4) is 16.2 Å². The maximum atomic E-state index is 14.3. The van der Waals surface area contributed by atoms with Gasteiger partial charge in [-0.1, -0.05) is 23.5 Å². The zero-order chi connectivity index (χ0) is 25.2. The number of anilines is 2. The summed E-state index contributed by atoms with van der Waals surface area (Å²) in [5.74, 6) is -2.95. The van der Waals surface area contributed by atoms with Crippen molar-refractivity contribution in [2.24, 2.45) is 5.10 Å². The second-order valence-corrected chi connectivity index (χ2v) is 9.31. The third kappa shape index (κ3) is 4.89. The molecular formula is C24H21FN6O4S. The molecule has 10 nitrogen and oxygen atoms in total. The number of benzene rings is 2. The molecule has 0 saturated carbocycles. The first-order chi connectivity index (χ1) is 17.4. The first kappa shape index (κ1) is 23.4. The van der Waals surface area contributed by atoms with E-state index in [4.69, 9.17) is 0 Å². The molecule has 3 heterocycles. The van der Waals surface area contributed by atoms with E-state index in [9.17, 15) is 23.9 Å². The molecule has 0 atom stereocenters. The van der Waals surface area contributed by atoms with Gasteiger partial charge >= 0.3 is 6.03 Å². The van der Waals surface area contributed by atoms with Crippen LogP contribution >= 0.6 is 11.3 Å². The Labute approximate surface area is 209 Å². The summed E-state index contributed by atoms with van der Waals surface area (Å²) in [6, 6.07) is 9.52. The lowest BCUT2D eigenvalue weighted by molar-refractivity contribution is -0.118. The van der Waals surface area contributed by atoms with Crippen molar-refractivity contribution in [1.82, 2.24) is 15.3 Å². The Balaban J connectivity index is 1.31. The van der Waals surface area contributed by atoms with Gasteiger partial charge in [-0.3, -0.25) is 20.2 Å². The third-order valence-corrected chi connectivity index (χ3v) is 6.76. The van der Waals surface area contributed by atoms with E-state index in [1.165, 1.54) is 30.2 Å². The second kappa shape index (κ2) is 9.74. The lowest BCUT2D eigenvalue weighted by Gasteiger charge is -2.18. The van der Waals surface area contributed by atoms with Crippen molar-refractivity contribution < 1.29 is 23.9 Å². The van der Waals surface area contributed by atoms with Crippen molar-refractivity contribution >= 4 is 46.2 Å². The highest BCUT2D eigenvalue weighted by Crippen LogP contribution is 2.32. The van der Waals surface area contributed by atoms with Crippen LogP contribution in [0.15, 0.2) is 47.7 Å². The summed E-state index contributed by atoms with van der Waals surface area (Å²) < 4.78 is 14.3. The fourth-order valence-electron chi connectivity index (χ4n) is 3.97. The summed E-state index contributed by atoms with van der Waals surface area (Å²) in [7, 11) is 0. The number of carbonyl (C=O) groups excluding carboxylic acids is 3. The minimum Gasteiger partial charge on any atom is -0.504 e. The molecule has 4 amide bonds. The number of imide groups is 1. The molecule has 2 aliphatic heterocycles. The predicted octanol–water partition coefficient (Wildman–Crippen LogP) is 3.39. The van der Waals surface area contributed by atoms with Gasteiger partial charge in [-0.15, -0.1) is 0 Å². The normalized spacial score (nSPS) is 15.7. The highest BCUT2D eigenvalue weighted by Gasteiger charge is 2.26. The summed E-state index contributed by atoms with van der Waals surface area (Å²) in [4.78, 5) is 43.1. The van der Waals surface area contributed by atoms with Crippen LogP contribution in [-0.4, -0.2) is 58.8 Å². The maximum absolute atomic E-state index is 14.3. The summed E-state index contributed by atoms with van der Waals surface area (Å²) in [6.45, 7) is 1.77. The number of nitrogens with one attached hydrogen (secondary N) is 2. The molecule has 1 aromatic heterocycles. The zero-order valence-corrected chi connectivity index (χ0v) is 19.7. The van der Waals surface area contributed by atoms with Gasteiger partial charge in [-0.05, 0) is 42.7 Å². The molecule has 12 heteroatoms. The monoisotopic (exact) mass is 508 g/mol. The number of hydrogen-bond donors (Lipinski definition) is 3. The van der Waals surface area contributed by atoms with Gasteiger partial charge in [0, 0.05) is 36.1 Å². The number of nitrogens with zero attached hydrogens (tertiary/aromatic N) is 4. The number of carbonyl (C=O) groups is 3. The molecule has 2 aromatic carbocycles. The average molecular weight is 509 g/mol. The van der Waals surface area contributed by atoms with E-state index in [1.807, 2.05) is 17.4 Å². The molecule has 0 unspecified atom stereocenters. The highest BCUT2D eigenvalue weighted by molar-refractivity contribution is 7.19.